The predicted octanol–water partition coefficient (Wildman–Crippen LogP) is 2.01. The third kappa shape index (κ3) is 4.14. The zero-order valence-corrected chi connectivity index (χ0v) is 10.8. The molecule has 0 aliphatic heterocycles. The zero-order chi connectivity index (χ0) is 13.0. The monoisotopic (exact) mass is 274 g/mol. The smallest absolute Gasteiger partial charge is 0.271 e. The summed E-state index contributed by atoms with van der Waals surface area (Å²) in [6, 6.07) is 4.10. The number of rotatable bonds is 3. The highest BCUT2D eigenvalue weighted by atomic mass is 35.5. The Morgan fingerprint density at radius 3 is 2.71 bits per heavy atom. The first kappa shape index (κ1) is 13.6. The first-order valence-corrected chi connectivity index (χ1v) is 5.37. The molecule has 0 unspecified atom stereocenters. The van der Waals surface area contributed by atoms with Crippen molar-refractivity contribution in [2.75, 3.05) is 19.4 Å². The maximum absolute atomic E-state index is 10.6. The lowest BCUT2D eigenvalue weighted by Gasteiger charge is -2.16. The number of nitro groups is 1. The van der Waals surface area contributed by atoms with Crippen LogP contribution in [0, 0.1) is 10.1 Å². The number of anilines is 1. The second kappa shape index (κ2) is 5.76. The number of benzene rings is 1. The lowest BCUT2D eigenvalue weighted by Crippen LogP contribution is -2.39. The molecule has 0 spiro atoms. The van der Waals surface area contributed by atoms with Gasteiger partial charge in [-0.1, -0.05) is 11.6 Å². The average Bonchev–Trinajstić information content (AvgIpc) is 2.19. The van der Waals surface area contributed by atoms with Gasteiger partial charge in [0.2, 0.25) is 0 Å². The highest BCUT2D eigenvalue weighted by Crippen LogP contribution is 2.26. The largest absolute Gasteiger partial charge is 0.330 e. The normalized spacial score (nSPS) is 10.1. The molecule has 0 fully saturated rings. The average molecular weight is 275 g/mol. The van der Waals surface area contributed by atoms with Gasteiger partial charge >= 0.3 is 0 Å². The Labute approximate surface area is 109 Å². The second-order valence-electron chi connectivity index (χ2n) is 3.38. The molecule has 1 aromatic rings. The standard InChI is InChI=1S/C9H11ClN4O2S/c1-13(2)12-9(17)11-8-5-6(14(15)16)3-4-7(8)10/h3-5H,1-2H3,(H2,11,12,17). The van der Waals surface area contributed by atoms with Crippen LogP contribution < -0.4 is 10.7 Å². The van der Waals surface area contributed by atoms with Gasteiger partial charge in [-0.2, -0.15) is 0 Å². The molecule has 0 heterocycles. The van der Waals surface area contributed by atoms with E-state index in [-0.39, 0.29) is 5.69 Å². The van der Waals surface area contributed by atoms with Crippen molar-refractivity contribution in [2.45, 2.75) is 0 Å². The molecule has 6 nitrogen and oxygen atoms in total. The summed E-state index contributed by atoms with van der Waals surface area (Å²) in [6.45, 7) is 0. The summed E-state index contributed by atoms with van der Waals surface area (Å²) in [7, 11) is 3.53. The molecule has 1 aromatic carbocycles. The van der Waals surface area contributed by atoms with E-state index in [4.69, 9.17) is 23.8 Å². The summed E-state index contributed by atoms with van der Waals surface area (Å²) in [5.41, 5.74) is 3.13. The SMILES string of the molecule is CN(C)NC(=S)Nc1cc([N+](=O)[O-])ccc1Cl. The second-order valence-corrected chi connectivity index (χ2v) is 4.20. The van der Waals surface area contributed by atoms with Gasteiger partial charge in [-0.15, -0.1) is 0 Å². The molecule has 0 amide bonds. The molecule has 17 heavy (non-hydrogen) atoms. The fourth-order valence-corrected chi connectivity index (χ4v) is 1.53. The topological polar surface area (TPSA) is 70.4 Å². The van der Waals surface area contributed by atoms with Crippen LogP contribution >= 0.6 is 23.8 Å². The Hall–Kier alpha value is -1.44. The molecule has 0 aliphatic rings. The van der Waals surface area contributed by atoms with Gasteiger partial charge in [0.25, 0.3) is 5.69 Å². The summed E-state index contributed by atoms with van der Waals surface area (Å²) in [5, 5.41) is 15.7. The van der Waals surface area contributed by atoms with Crippen molar-refractivity contribution in [1.29, 1.82) is 0 Å². The third-order valence-corrected chi connectivity index (χ3v) is 2.26. The van der Waals surface area contributed by atoms with Crippen molar-refractivity contribution in [1.82, 2.24) is 10.4 Å². The zero-order valence-electron chi connectivity index (χ0n) is 9.23. The molecular weight excluding hydrogens is 264 g/mol. The minimum absolute atomic E-state index is 0.0513. The van der Waals surface area contributed by atoms with Crippen molar-refractivity contribution in [3.05, 3.63) is 33.3 Å². The van der Waals surface area contributed by atoms with E-state index in [0.29, 0.717) is 15.8 Å². The van der Waals surface area contributed by atoms with Gasteiger partial charge in [-0.05, 0) is 18.3 Å². The lowest BCUT2D eigenvalue weighted by molar-refractivity contribution is -0.384. The van der Waals surface area contributed by atoms with E-state index in [1.807, 2.05) is 0 Å². The summed E-state index contributed by atoms with van der Waals surface area (Å²) < 4.78 is 0. The van der Waals surface area contributed by atoms with E-state index in [0.717, 1.165) is 0 Å². The highest BCUT2D eigenvalue weighted by Gasteiger charge is 2.10. The fourth-order valence-electron chi connectivity index (χ4n) is 1.08. The number of hydrazine groups is 1. The number of nitrogens with one attached hydrogen (secondary N) is 2. The molecule has 8 heteroatoms. The van der Waals surface area contributed by atoms with Crippen LogP contribution in [0.25, 0.3) is 0 Å². The first-order chi connectivity index (χ1) is 7.90. The lowest BCUT2D eigenvalue weighted by atomic mass is 10.3. The molecule has 0 aromatic heterocycles. The maximum atomic E-state index is 10.6. The van der Waals surface area contributed by atoms with Gasteiger partial charge in [0.15, 0.2) is 5.11 Å². The number of hydrogen-bond acceptors (Lipinski definition) is 4. The number of non-ortho nitro benzene ring substituents is 1. The molecule has 0 saturated heterocycles. The Morgan fingerprint density at radius 1 is 1.53 bits per heavy atom. The number of halogens is 1. The molecule has 1 rings (SSSR count). The van der Waals surface area contributed by atoms with Crippen LogP contribution in [0.1, 0.15) is 0 Å². The van der Waals surface area contributed by atoms with Crippen LogP contribution in [0.5, 0.6) is 0 Å². The molecule has 0 saturated carbocycles. The fraction of sp³-hybridized carbons (Fsp3) is 0.222. The Bertz CT molecular complexity index is 453. The Morgan fingerprint density at radius 2 is 2.18 bits per heavy atom. The molecule has 0 atom stereocenters. The van der Waals surface area contributed by atoms with E-state index >= 15 is 0 Å². The minimum Gasteiger partial charge on any atom is -0.330 e. The third-order valence-electron chi connectivity index (χ3n) is 1.73. The van der Waals surface area contributed by atoms with E-state index in [9.17, 15) is 10.1 Å². The van der Waals surface area contributed by atoms with Crippen LogP contribution in [-0.2, 0) is 0 Å². The predicted molar refractivity (Wildman–Crippen MR) is 71.1 cm³/mol. The van der Waals surface area contributed by atoms with Gasteiger partial charge in [-0.3, -0.25) is 15.5 Å². The molecular formula is C9H11ClN4O2S. The summed E-state index contributed by atoms with van der Waals surface area (Å²) in [5.74, 6) is 0. The first-order valence-electron chi connectivity index (χ1n) is 4.59. The highest BCUT2D eigenvalue weighted by molar-refractivity contribution is 7.80. The van der Waals surface area contributed by atoms with E-state index in [1.165, 1.54) is 18.2 Å². The van der Waals surface area contributed by atoms with Gasteiger partial charge < -0.3 is 5.32 Å². The van der Waals surface area contributed by atoms with Gasteiger partial charge in [0.1, 0.15) is 0 Å². The van der Waals surface area contributed by atoms with Crippen molar-refractivity contribution in [3.8, 4) is 0 Å². The number of nitro benzene ring substituents is 1. The van der Waals surface area contributed by atoms with Crippen molar-refractivity contribution in [3.63, 3.8) is 0 Å². The maximum Gasteiger partial charge on any atom is 0.271 e. The molecule has 0 aliphatic carbocycles. The van der Waals surface area contributed by atoms with Gasteiger partial charge in [0.05, 0.1) is 15.6 Å². The van der Waals surface area contributed by atoms with Crippen molar-refractivity contribution < 1.29 is 4.92 Å². The van der Waals surface area contributed by atoms with Crippen molar-refractivity contribution in [2.24, 2.45) is 0 Å². The summed E-state index contributed by atoms with van der Waals surface area (Å²) in [4.78, 5) is 10.1. The van der Waals surface area contributed by atoms with Crippen LogP contribution in [-0.4, -0.2) is 29.1 Å². The molecule has 2 N–H and O–H groups in total. The Kier molecular flexibility index (Phi) is 4.62. The summed E-state index contributed by atoms with van der Waals surface area (Å²) >= 11 is 10.9. The number of nitrogens with zero attached hydrogens (tertiary/aromatic N) is 2. The quantitative estimate of drug-likeness (QED) is 0.499. The van der Waals surface area contributed by atoms with E-state index in [2.05, 4.69) is 10.7 Å². The van der Waals surface area contributed by atoms with E-state index < -0.39 is 4.92 Å². The number of thiocarbonyl (C=S) groups is 1. The summed E-state index contributed by atoms with van der Waals surface area (Å²) in [6.07, 6.45) is 0. The molecule has 0 bridgehead atoms. The van der Waals surface area contributed by atoms with Crippen LogP contribution in [0.2, 0.25) is 5.02 Å². The van der Waals surface area contributed by atoms with E-state index in [1.54, 1.807) is 19.1 Å². The Balaban J connectivity index is 2.86. The van der Waals surface area contributed by atoms with Crippen molar-refractivity contribution >= 4 is 40.3 Å². The number of hydrogen-bond donors (Lipinski definition) is 2. The molecule has 0 radical (unpaired) electrons. The van der Waals surface area contributed by atoms with Crippen LogP contribution in [0.3, 0.4) is 0 Å². The minimum atomic E-state index is -0.496. The van der Waals surface area contributed by atoms with Crippen LogP contribution in [0.4, 0.5) is 11.4 Å². The van der Waals surface area contributed by atoms with Gasteiger partial charge in [-0.25, -0.2) is 5.01 Å². The molecule has 92 valence electrons. The van der Waals surface area contributed by atoms with Crippen LogP contribution in [0.15, 0.2) is 18.2 Å². The van der Waals surface area contributed by atoms with Gasteiger partial charge in [0, 0.05) is 26.2 Å².